The second kappa shape index (κ2) is 4.07. The maximum Gasteiger partial charge on any atom is 0.0225 e. The summed E-state index contributed by atoms with van der Waals surface area (Å²) in [5.41, 5.74) is 0. The van der Waals surface area contributed by atoms with Crippen molar-refractivity contribution in [3.63, 3.8) is 0 Å². The molecule has 1 unspecified atom stereocenters. The van der Waals surface area contributed by atoms with Crippen LogP contribution in [0.1, 0.15) is 19.3 Å². The first-order chi connectivity index (χ1) is 4.43. The molecule has 3 radical (unpaired) electrons. The van der Waals surface area contributed by atoms with E-state index in [4.69, 9.17) is 0 Å². The quantitative estimate of drug-likeness (QED) is 0.535. The highest BCUT2D eigenvalue weighted by Crippen LogP contribution is 2.15. The van der Waals surface area contributed by atoms with E-state index in [9.17, 15) is 0 Å². The average Bonchev–Trinajstić information content (AvgIpc) is 2.13. The van der Waals surface area contributed by atoms with Crippen molar-refractivity contribution in [2.45, 2.75) is 25.3 Å². The molecule has 1 N–H and O–H groups in total. The molecule has 1 saturated heterocycles. The maximum absolute atomic E-state index is 3.56. The smallest absolute Gasteiger partial charge is 0.0225 e. The van der Waals surface area contributed by atoms with E-state index in [1.54, 1.807) is 0 Å². The van der Waals surface area contributed by atoms with Crippen molar-refractivity contribution in [2.75, 3.05) is 13.1 Å². The Morgan fingerprint density at radius 3 is 3.00 bits per heavy atom. The fourth-order valence-corrected chi connectivity index (χ4v) is 1.70. The van der Waals surface area contributed by atoms with Gasteiger partial charge in [-0.3, -0.25) is 0 Å². The predicted octanol–water partition coefficient (Wildman–Crippen LogP) is 0.963. The van der Waals surface area contributed by atoms with E-state index in [-0.39, 0.29) is 0 Å². The Bertz CT molecular complexity index is 67.3. The number of rotatable bonds is 1. The van der Waals surface area contributed by atoms with Gasteiger partial charge in [-0.1, -0.05) is 6.04 Å². The highest BCUT2D eigenvalue weighted by molar-refractivity contribution is 6.08. The van der Waals surface area contributed by atoms with E-state index < -0.39 is 0 Å². The molecule has 1 heterocycles. The number of hydrogen-bond acceptors (Lipinski definition) is 1. The summed E-state index contributed by atoms with van der Waals surface area (Å²) in [7, 11) is 3.56. The molecule has 9 heavy (non-hydrogen) atoms. The molecule has 0 aliphatic carbocycles. The van der Waals surface area contributed by atoms with Gasteiger partial charge in [-0.15, -0.1) is 0 Å². The molecule has 0 aromatic rings. The molecule has 2 heteroatoms. The fraction of sp³-hybridized carbons (Fsp3) is 1.00. The van der Waals surface area contributed by atoms with Gasteiger partial charge in [0.15, 0.2) is 0 Å². The summed E-state index contributed by atoms with van der Waals surface area (Å²) in [4.78, 5) is 0. The summed E-state index contributed by atoms with van der Waals surface area (Å²) in [5, 5.41) is 3.39. The van der Waals surface area contributed by atoms with Crippen LogP contribution in [-0.2, 0) is 0 Å². The van der Waals surface area contributed by atoms with Crippen molar-refractivity contribution < 1.29 is 0 Å². The van der Waals surface area contributed by atoms with Crippen molar-refractivity contribution in [3.05, 3.63) is 0 Å². The van der Waals surface area contributed by atoms with Gasteiger partial charge in [0.1, 0.15) is 0 Å². The second-order valence-electron chi connectivity index (χ2n) is 2.75. The van der Waals surface area contributed by atoms with Crippen LogP contribution in [0.2, 0.25) is 6.04 Å². The zero-order chi connectivity index (χ0) is 6.53. The van der Waals surface area contributed by atoms with Crippen LogP contribution in [0.25, 0.3) is 0 Å². The molecular weight excluding hydrogens is 126 g/mol. The van der Waals surface area contributed by atoms with E-state index in [2.05, 4.69) is 15.6 Å². The van der Waals surface area contributed by atoms with Crippen molar-refractivity contribution >= 4 is 10.2 Å². The Hall–Kier alpha value is 0.177. The Morgan fingerprint density at radius 1 is 1.33 bits per heavy atom. The van der Waals surface area contributed by atoms with Gasteiger partial charge < -0.3 is 5.32 Å². The highest BCUT2D eigenvalue weighted by Gasteiger charge is 2.08. The molecule has 0 spiro atoms. The first-order valence-corrected chi connectivity index (χ1v) is 4.49. The second-order valence-corrected chi connectivity index (χ2v) is 3.16. The Labute approximate surface area is 60.6 Å². The van der Waals surface area contributed by atoms with E-state index in [0.717, 1.165) is 5.92 Å². The third-order valence-electron chi connectivity index (χ3n) is 1.98. The van der Waals surface area contributed by atoms with E-state index >= 15 is 0 Å². The predicted molar refractivity (Wildman–Crippen MR) is 40.8 cm³/mol. The van der Waals surface area contributed by atoms with Crippen LogP contribution < -0.4 is 5.32 Å². The zero-order valence-corrected chi connectivity index (χ0v) is 6.82. The first-order valence-electron chi connectivity index (χ1n) is 3.79. The standard InChI is InChI=1S/C7H14NSi/c9-6-7-2-1-4-8-5-3-7/h7-8H,1-6H2. The minimum atomic E-state index is 0.927. The topological polar surface area (TPSA) is 12.0 Å². The molecule has 1 aliphatic rings. The SMILES string of the molecule is [Si]CC1CCCNCC1. The minimum absolute atomic E-state index is 0.927. The van der Waals surface area contributed by atoms with Crippen LogP contribution in [0.4, 0.5) is 0 Å². The molecule has 1 rings (SSSR count). The minimum Gasteiger partial charge on any atom is -0.317 e. The van der Waals surface area contributed by atoms with Crippen LogP contribution in [0.5, 0.6) is 0 Å². The van der Waals surface area contributed by atoms with Gasteiger partial charge in [-0.25, -0.2) is 0 Å². The summed E-state index contributed by atoms with van der Waals surface area (Å²) < 4.78 is 0. The normalized spacial score (nSPS) is 29.7. The lowest BCUT2D eigenvalue weighted by atomic mass is 10.0. The lowest BCUT2D eigenvalue weighted by Gasteiger charge is -2.08. The maximum atomic E-state index is 3.56. The van der Waals surface area contributed by atoms with Crippen LogP contribution in [-0.4, -0.2) is 23.3 Å². The Morgan fingerprint density at radius 2 is 2.22 bits per heavy atom. The molecule has 0 amide bonds. The van der Waals surface area contributed by atoms with Gasteiger partial charge in [0, 0.05) is 10.2 Å². The van der Waals surface area contributed by atoms with Crippen LogP contribution in [0, 0.1) is 5.92 Å². The number of nitrogens with one attached hydrogen (secondary N) is 1. The molecule has 0 bridgehead atoms. The van der Waals surface area contributed by atoms with Gasteiger partial charge in [-0.2, -0.15) is 0 Å². The Balaban J connectivity index is 2.18. The zero-order valence-electron chi connectivity index (χ0n) is 5.82. The van der Waals surface area contributed by atoms with Crippen LogP contribution in [0.3, 0.4) is 0 Å². The monoisotopic (exact) mass is 140 g/mol. The summed E-state index contributed by atoms with van der Waals surface area (Å²) in [6.07, 6.45) is 4.11. The molecular formula is C7H14NSi. The van der Waals surface area contributed by atoms with Crippen molar-refractivity contribution in [3.8, 4) is 0 Å². The fourth-order valence-electron chi connectivity index (χ4n) is 1.30. The molecule has 1 atom stereocenters. The lowest BCUT2D eigenvalue weighted by Crippen LogP contribution is -2.13. The third-order valence-corrected chi connectivity index (χ3v) is 2.56. The molecule has 1 fully saturated rings. The van der Waals surface area contributed by atoms with E-state index in [1.807, 2.05) is 0 Å². The van der Waals surface area contributed by atoms with E-state index in [0.29, 0.717) is 0 Å². The van der Waals surface area contributed by atoms with Gasteiger partial charge in [0.25, 0.3) is 0 Å². The molecule has 0 saturated carbocycles. The van der Waals surface area contributed by atoms with Crippen molar-refractivity contribution in [2.24, 2.45) is 5.92 Å². The van der Waals surface area contributed by atoms with Gasteiger partial charge in [-0.05, 0) is 38.3 Å². The Kier molecular flexibility index (Phi) is 3.29. The largest absolute Gasteiger partial charge is 0.317 e. The molecule has 1 aliphatic heterocycles. The molecule has 0 aromatic heterocycles. The summed E-state index contributed by atoms with van der Waals surface area (Å²) >= 11 is 0. The van der Waals surface area contributed by atoms with Crippen molar-refractivity contribution in [1.29, 1.82) is 0 Å². The summed E-state index contributed by atoms with van der Waals surface area (Å²) in [6.45, 7) is 2.44. The molecule has 1 nitrogen and oxygen atoms in total. The molecule has 51 valence electrons. The van der Waals surface area contributed by atoms with Gasteiger partial charge in [0.2, 0.25) is 0 Å². The summed E-state index contributed by atoms with van der Waals surface area (Å²) in [6, 6.07) is 1.18. The van der Waals surface area contributed by atoms with Gasteiger partial charge in [0.05, 0.1) is 0 Å². The lowest BCUT2D eigenvalue weighted by molar-refractivity contribution is 0.519. The van der Waals surface area contributed by atoms with Crippen molar-refractivity contribution in [1.82, 2.24) is 5.32 Å². The molecule has 0 aromatic carbocycles. The van der Waals surface area contributed by atoms with Crippen LogP contribution in [0.15, 0.2) is 0 Å². The average molecular weight is 140 g/mol. The highest BCUT2D eigenvalue weighted by atomic mass is 28.1. The third kappa shape index (κ3) is 2.50. The first kappa shape index (κ1) is 7.29. The number of hydrogen-bond donors (Lipinski definition) is 1. The summed E-state index contributed by atoms with van der Waals surface area (Å²) in [5.74, 6) is 0.927. The van der Waals surface area contributed by atoms with Crippen LogP contribution >= 0.6 is 0 Å². The van der Waals surface area contributed by atoms with E-state index in [1.165, 1.54) is 38.4 Å². The van der Waals surface area contributed by atoms with Gasteiger partial charge >= 0.3 is 0 Å².